The molecule has 0 aliphatic carbocycles. The molecule has 0 fully saturated rings. The van der Waals surface area contributed by atoms with Gasteiger partial charge in [0.2, 0.25) is 0 Å². The lowest BCUT2D eigenvalue weighted by Crippen LogP contribution is -2.34. The van der Waals surface area contributed by atoms with Crippen LogP contribution in [0.4, 0.5) is 10.5 Å². The van der Waals surface area contributed by atoms with Gasteiger partial charge in [0, 0.05) is 12.7 Å². The molecule has 5 nitrogen and oxygen atoms in total. The first-order valence-corrected chi connectivity index (χ1v) is 7.60. The zero-order valence-corrected chi connectivity index (χ0v) is 13.1. The van der Waals surface area contributed by atoms with Crippen molar-refractivity contribution in [1.29, 1.82) is 0 Å². The van der Waals surface area contributed by atoms with E-state index >= 15 is 0 Å². The zero-order valence-electron chi connectivity index (χ0n) is 12.3. The normalized spacial score (nSPS) is 12.8. The number of anilines is 1. The number of carbonyl (C=O) groups excluding carboxylic acids is 1. The van der Waals surface area contributed by atoms with Crippen molar-refractivity contribution in [2.75, 3.05) is 17.7 Å². The van der Waals surface area contributed by atoms with Crippen LogP contribution in [0.25, 0.3) is 0 Å². The van der Waals surface area contributed by atoms with E-state index in [0.717, 1.165) is 5.56 Å². The minimum atomic E-state index is -1.81. The molecule has 0 bridgehead atoms. The number of ether oxygens (including phenoxy) is 1. The highest BCUT2D eigenvalue weighted by Gasteiger charge is 2.20. The van der Waals surface area contributed by atoms with Crippen LogP contribution in [0.15, 0.2) is 24.3 Å². The maximum Gasteiger partial charge on any atom is 0.414 e. The Kier molecular flexibility index (Phi) is 5.71. The van der Waals surface area contributed by atoms with Gasteiger partial charge in [0.25, 0.3) is 0 Å². The first-order valence-electron chi connectivity index (χ1n) is 6.32. The number of aryl methyl sites for hydroxylation is 1. The standard InChI is InChI=1S/C14H21NO4S/c1-14(2,3)19-13(16)15(4)12-7-5-6-11(10-12)8-9-20(17)18/h5-7,10H,8-9H2,1-4H3,(H,17,18). The lowest BCUT2D eigenvalue weighted by Gasteiger charge is -2.25. The average molecular weight is 299 g/mol. The highest BCUT2D eigenvalue weighted by Crippen LogP contribution is 2.18. The molecule has 1 aromatic rings. The van der Waals surface area contributed by atoms with Gasteiger partial charge in [-0.2, -0.15) is 0 Å². The number of hydrogen-bond donors (Lipinski definition) is 1. The van der Waals surface area contributed by atoms with Crippen LogP contribution in [-0.4, -0.2) is 33.3 Å². The number of hydrogen-bond acceptors (Lipinski definition) is 3. The van der Waals surface area contributed by atoms with Crippen molar-refractivity contribution in [3.63, 3.8) is 0 Å². The molecule has 1 rings (SSSR count). The Balaban J connectivity index is 2.77. The molecule has 1 aromatic carbocycles. The highest BCUT2D eigenvalue weighted by molar-refractivity contribution is 7.79. The summed E-state index contributed by atoms with van der Waals surface area (Å²) < 4.78 is 24.8. The molecule has 0 aliphatic heterocycles. The third kappa shape index (κ3) is 5.71. The van der Waals surface area contributed by atoms with E-state index in [9.17, 15) is 9.00 Å². The highest BCUT2D eigenvalue weighted by atomic mass is 32.2. The van der Waals surface area contributed by atoms with E-state index in [4.69, 9.17) is 9.29 Å². The number of rotatable bonds is 4. The van der Waals surface area contributed by atoms with Crippen LogP contribution >= 0.6 is 0 Å². The van der Waals surface area contributed by atoms with Gasteiger partial charge < -0.3 is 9.29 Å². The van der Waals surface area contributed by atoms with Gasteiger partial charge in [0.1, 0.15) is 5.60 Å². The average Bonchev–Trinajstić information content (AvgIpc) is 2.33. The summed E-state index contributed by atoms with van der Waals surface area (Å²) in [6.07, 6.45) is 0.0550. The predicted octanol–water partition coefficient (Wildman–Crippen LogP) is 2.82. The van der Waals surface area contributed by atoms with Gasteiger partial charge in [0.15, 0.2) is 11.1 Å². The minimum absolute atomic E-state index is 0.180. The van der Waals surface area contributed by atoms with Crippen molar-refractivity contribution in [1.82, 2.24) is 0 Å². The number of benzene rings is 1. The van der Waals surface area contributed by atoms with Gasteiger partial charge in [-0.1, -0.05) is 12.1 Å². The molecule has 0 spiro atoms. The third-order valence-electron chi connectivity index (χ3n) is 2.53. The van der Waals surface area contributed by atoms with Crippen molar-refractivity contribution in [3.8, 4) is 0 Å². The summed E-state index contributed by atoms with van der Waals surface area (Å²) in [7, 11) is 1.64. The van der Waals surface area contributed by atoms with Crippen molar-refractivity contribution in [3.05, 3.63) is 29.8 Å². The van der Waals surface area contributed by atoms with Gasteiger partial charge in [-0.05, 0) is 44.9 Å². The predicted molar refractivity (Wildman–Crippen MR) is 80.4 cm³/mol. The topological polar surface area (TPSA) is 66.8 Å². The fourth-order valence-corrected chi connectivity index (χ4v) is 1.97. The van der Waals surface area contributed by atoms with E-state index in [1.807, 2.05) is 39.0 Å². The fourth-order valence-electron chi connectivity index (χ4n) is 1.56. The summed E-state index contributed by atoms with van der Waals surface area (Å²) in [5.41, 5.74) is 1.05. The third-order valence-corrected chi connectivity index (χ3v) is 3.08. The van der Waals surface area contributed by atoms with Crippen LogP contribution in [0.3, 0.4) is 0 Å². The Morgan fingerprint density at radius 1 is 1.40 bits per heavy atom. The van der Waals surface area contributed by atoms with Crippen molar-refractivity contribution >= 4 is 22.9 Å². The lowest BCUT2D eigenvalue weighted by molar-refractivity contribution is 0.0589. The lowest BCUT2D eigenvalue weighted by atomic mass is 10.1. The molecule has 0 radical (unpaired) electrons. The molecule has 0 heterocycles. The van der Waals surface area contributed by atoms with Crippen LogP contribution in [0, 0.1) is 0 Å². The minimum Gasteiger partial charge on any atom is -0.443 e. The van der Waals surface area contributed by atoms with Crippen LogP contribution in [0.1, 0.15) is 26.3 Å². The Morgan fingerprint density at radius 2 is 2.05 bits per heavy atom. The van der Waals surface area contributed by atoms with E-state index in [1.165, 1.54) is 4.90 Å². The van der Waals surface area contributed by atoms with E-state index in [-0.39, 0.29) is 5.75 Å². The molecule has 20 heavy (non-hydrogen) atoms. The molecule has 0 saturated carbocycles. The quantitative estimate of drug-likeness (QED) is 0.868. The molecule has 0 aliphatic rings. The summed E-state index contributed by atoms with van der Waals surface area (Å²) in [4.78, 5) is 13.4. The number of nitrogens with zero attached hydrogens (tertiary/aromatic N) is 1. The maximum absolute atomic E-state index is 12.0. The summed E-state index contributed by atoms with van der Waals surface area (Å²) in [5.74, 6) is 0.180. The van der Waals surface area contributed by atoms with Crippen molar-refractivity contribution in [2.24, 2.45) is 0 Å². The molecule has 0 saturated heterocycles. The summed E-state index contributed by atoms with van der Waals surface area (Å²) in [6, 6.07) is 7.28. The number of amides is 1. The molecule has 6 heteroatoms. The van der Waals surface area contributed by atoms with Crippen LogP contribution in [0.5, 0.6) is 0 Å². The van der Waals surface area contributed by atoms with Crippen LogP contribution < -0.4 is 4.90 Å². The first kappa shape index (κ1) is 16.7. The fraction of sp³-hybridized carbons (Fsp3) is 0.500. The van der Waals surface area contributed by atoms with E-state index in [2.05, 4.69) is 0 Å². The van der Waals surface area contributed by atoms with Crippen LogP contribution in [-0.2, 0) is 22.2 Å². The van der Waals surface area contributed by atoms with E-state index < -0.39 is 22.8 Å². The molecule has 1 N–H and O–H groups in total. The zero-order chi connectivity index (χ0) is 15.3. The van der Waals surface area contributed by atoms with Crippen molar-refractivity contribution in [2.45, 2.75) is 32.8 Å². The van der Waals surface area contributed by atoms with Gasteiger partial charge >= 0.3 is 6.09 Å². The van der Waals surface area contributed by atoms with E-state index in [1.54, 1.807) is 13.1 Å². The Bertz CT molecular complexity index is 496. The van der Waals surface area contributed by atoms with Gasteiger partial charge in [-0.15, -0.1) is 0 Å². The SMILES string of the molecule is CN(C(=O)OC(C)(C)C)c1cccc(CCS(=O)O)c1. The molecule has 0 aromatic heterocycles. The summed E-state index contributed by atoms with van der Waals surface area (Å²) >= 11 is -1.81. The summed E-state index contributed by atoms with van der Waals surface area (Å²) in [6.45, 7) is 5.43. The largest absolute Gasteiger partial charge is 0.443 e. The molecular formula is C14H21NO4S. The monoisotopic (exact) mass is 299 g/mol. The van der Waals surface area contributed by atoms with Gasteiger partial charge in [-0.3, -0.25) is 4.90 Å². The second kappa shape index (κ2) is 6.85. The molecule has 112 valence electrons. The molecule has 1 amide bonds. The molecular weight excluding hydrogens is 278 g/mol. The molecule has 1 unspecified atom stereocenters. The van der Waals surface area contributed by atoms with Gasteiger partial charge in [-0.25, -0.2) is 9.00 Å². The molecule has 1 atom stereocenters. The van der Waals surface area contributed by atoms with Crippen LogP contribution in [0.2, 0.25) is 0 Å². The number of carbonyl (C=O) groups is 1. The van der Waals surface area contributed by atoms with Crippen molar-refractivity contribution < 1.29 is 18.3 Å². The van der Waals surface area contributed by atoms with E-state index in [0.29, 0.717) is 12.1 Å². The Morgan fingerprint density at radius 3 is 2.60 bits per heavy atom. The summed E-state index contributed by atoms with van der Waals surface area (Å²) in [5, 5.41) is 0. The first-order chi connectivity index (χ1) is 9.19. The Labute approximate surface area is 122 Å². The Hall–Kier alpha value is -1.40. The van der Waals surface area contributed by atoms with Gasteiger partial charge in [0.05, 0.1) is 5.75 Å². The second-order valence-electron chi connectivity index (χ2n) is 5.48. The smallest absolute Gasteiger partial charge is 0.414 e. The second-order valence-corrected chi connectivity index (χ2v) is 6.54. The maximum atomic E-state index is 12.0.